The zero-order chi connectivity index (χ0) is 13.4. The Kier molecular flexibility index (Phi) is 3.45. The molecule has 1 aromatic rings. The largest absolute Gasteiger partial charge is 0.477 e. The van der Waals surface area contributed by atoms with Gasteiger partial charge in [-0.3, -0.25) is 4.90 Å². The summed E-state index contributed by atoms with van der Waals surface area (Å²) in [5, 5.41) is 9.98. The average molecular weight is 281 g/mol. The molecule has 1 atom stereocenters. The SMILES string of the molecule is Cc1nc(N2CCN3CCCCC3C2)sc1C(=O)O. The Morgan fingerprint density at radius 2 is 2.21 bits per heavy atom. The van der Waals surface area contributed by atoms with Crippen LogP contribution in [0.5, 0.6) is 0 Å². The van der Waals surface area contributed by atoms with Gasteiger partial charge in [0.05, 0.1) is 5.69 Å². The summed E-state index contributed by atoms with van der Waals surface area (Å²) in [5.41, 5.74) is 0.638. The number of hydrogen-bond acceptors (Lipinski definition) is 5. The first-order chi connectivity index (χ1) is 9.15. The maximum Gasteiger partial charge on any atom is 0.347 e. The molecule has 104 valence electrons. The number of aromatic carboxylic acids is 1. The Labute approximate surface area is 116 Å². The van der Waals surface area contributed by atoms with Gasteiger partial charge in [0.2, 0.25) is 0 Å². The number of piperazine rings is 1. The van der Waals surface area contributed by atoms with Gasteiger partial charge >= 0.3 is 5.97 Å². The quantitative estimate of drug-likeness (QED) is 0.896. The molecule has 2 fully saturated rings. The Balaban J connectivity index is 1.76. The van der Waals surface area contributed by atoms with Gasteiger partial charge in [0.1, 0.15) is 4.88 Å². The predicted molar refractivity (Wildman–Crippen MR) is 75.2 cm³/mol. The minimum Gasteiger partial charge on any atom is -0.477 e. The lowest BCUT2D eigenvalue weighted by Gasteiger charge is -2.44. The maximum atomic E-state index is 11.1. The highest BCUT2D eigenvalue weighted by Gasteiger charge is 2.30. The van der Waals surface area contributed by atoms with Gasteiger partial charge in [-0.05, 0) is 26.3 Å². The van der Waals surface area contributed by atoms with Crippen LogP contribution in [0.25, 0.3) is 0 Å². The molecule has 1 N–H and O–H groups in total. The molecular weight excluding hydrogens is 262 g/mol. The number of thiazole rings is 1. The van der Waals surface area contributed by atoms with Crippen LogP contribution in [0.1, 0.15) is 34.6 Å². The lowest BCUT2D eigenvalue weighted by molar-refractivity contribution is 0.0701. The fraction of sp³-hybridized carbons (Fsp3) is 0.692. The molecule has 3 heterocycles. The summed E-state index contributed by atoms with van der Waals surface area (Å²) >= 11 is 1.31. The van der Waals surface area contributed by atoms with E-state index in [0.717, 1.165) is 24.8 Å². The molecule has 0 spiro atoms. The number of aryl methyl sites for hydroxylation is 1. The van der Waals surface area contributed by atoms with Crippen LogP contribution < -0.4 is 4.90 Å². The van der Waals surface area contributed by atoms with E-state index in [1.54, 1.807) is 6.92 Å². The molecule has 6 heteroatoms. The molecule has 0 saturated carbocycles. The van der Waals surface area contributed by atoms with E-state index < -0.39 is 5.97 Å². The molecule has 0 bridgehead atoms. The minimum atomic E-state index is -0.863. The number of carboxylic acids is 1. The molecular formula is C13H19N3O2S. The number of carbonyl (C=O) groups is 1. The van der Waals surface area contributed by atoms with Crippen molar-refractivity contribution in [3.05, 3.63) is 10.6 Å². The first-order valence-electron chi connectivity index (χ1n) is 6.85. The summed E-state index contributed by atoms with van der Waals surface area (Å²) in [6, 6.07) is 0.625. The molecule has 1 aromatic heterocycles. The van der Waals surface area contributed by atoms with E-state index in [9.17, 15) is 4.79 Å². The van der Waals surface area contributed by atoms with Gasteiger partial charge in [0.25, 0.3) is 0 Å². The lowest BCUT2D eigenvalue weighted by Crippen LogP contribution is -2.54. The molecule has 2 aliphatic rings. The van der Waals surface area contributed by atoms with Gasteiger partial charge in [-0.15, -0.1) is 0 Å². The van der Waals surface area contributed by atoms with Gasteiger partial charge in [-0.25, -0.2) is 9.78 Å². The number of rotatable bonds is 2. The van der Waals surface area contributed by atoms with Gasteiger partial charge in [0, 0.05) is 25.7 Å². The average Bonchev–Trinajstić information content (AvgIpc) is 2.80. The highest BCUT2D eigenvalue weighted by Crippen LogP contribution is 2.29. The van der Waals surface area contributed by atoms with Crippen molar-refractivity contribution in [3.8, 4) is 0 Å². The zero-order valence-corrected chi connectivity index (χ0v) is 11.9. The van der Waals surface area contributed by atoms with Crippen LogP contribution in [0, 0.1) is 6.92 Å². The second-order valence-corrected chi connectivity index (χ2v) is 6.33. The van der Waals surface area contributed by atoms with Crippen molar-refractivity contribution in [3.63, 3.8) is 0 Å². The molecule has 0 radical (unpaired) electrons. The zero-order valence-electron chi connectivity index (χ0n) is 11.1. The van der Waals surface area contributed by atoms with E-state index in [4.69, 9.17) is 5.11 Å². The minimum absolute atomic E-state index is 0.376. The van der Waals surface area contributed by atoms with Crippen molar-refractivity contribution in [2.75, 3.05) is 31.1 Å². The Morgan fingerprint density at radius 3 is 2.95 bits per heavy atom. The lowest BCUT2D eigenvalue weighted by atomic mass is 10.00. The van der Waals surface area contributed by atoms with E-state index in [1.807, 2.05) is 0 Å². The van der Waals surface area contributed by atoms with Gasteiger partial charge in [0.15, 0.2) is 5.13 Å². The topological polar surface area (TPSA) is 56.7 Å². The van der Waals surface area contributed by atoms with Crippen molar-refractivity contribution < 1.29 is 9.90 Å². The van der Waals surface area contributed by atoms with Crippen LogP contribution in [0.3, 0.4) is 0 Å². The highest BCUT2D eigenvalue weighted by molar-refractivity contribution is 7.17. The normalized spacial score (nSPS) is 24.3. The Morgan fingerprint density at radius 1 is 1.37 bits per heavy atom. The second-order valence-electron chi connectivity index (χ2n) is 5.35. The molecule has 3 rings (SSSR count). The van der Waals surface area contributed by atoms with Gasteiger partial charge in [-0.2, -0.15) is 0 Å². The van der Waals surface area contributed by atoms with E-state index in [0.29, 0.717) is 16.6 Å². The summed E-state index contributed by atoms with van der Waals surface area (Å²) in [4.78, 5) is 20.7. The smallest absolute Gasteiger partial charge is 0.347 e. The number of nitrogens with zero attached hydrogens (tertiary/aromatic N) is 3. The number of piperidine rings is 1. The molecule has 0 aliphatic carbocycles. The number of aromatic nitrogens is 1. The fourth-order valence-electron chi connectivity index (χ4n) is 3.05. The number of carboxylic acid groups (broad SMARTS) is 1. The van der Waals surface area contributed by atoms with E-state index >= 15 is 0 Å². The number of fused-ring (bicyclic) bond motifs is 1. The molecule has 2 aliphatic heterocycles. The van der Waals surface area contributed by atoms with Crippen LogP contribution in [-0.4, -0.2) is 53.2 Å². The van der Waals surface area contributed by atoms with Crippen molar-refractivity contribution in [2.45, 2.75) is 32.2 Å². The standard InChI is InChI=1S/C13H19N3O2S/c1-9-11(12(17)18)19-13(14-9)16-7-6-15-5-3-2-4-10(15)8-16/h10H,2-8H2,1H3,(H,17,18). The summed E-state index contributed by atoms with van der Waals surface area (Å²) in [6.45, 7) is 6.02. The van der Waals surface area contributed by atoms with Crippen LogP contribution in [-0.2, 0) is 0 Å². The third kappa shape index (κ3) is 2.47. The summed E-state index contributed by atoms with van der Waals surface area (Å²) < 4.78 is 0. The van der Waals surface area contributed by atoms with Crippen LogP contribution >= 0.6 is 11.3 Å². The first kappa shape index (κ1) is 12.9. The fourth-order valence-corrected chi connectivity index (χ4v) is 3.99. The molecule has 0 amide bonds. The predicted octanol–water partition coefficient (Wildman–Crippen LogP) is 1.82. The Hall–Kier alpha value is -1.14. The van der Waals surface area contributed by atoms with Crippen molar-refractivity contribution >= 4 is 22.4 Å². The summed E-state index contributed by atoms with van der Waals surface area (Å²) in [5.74, 6) is -0.863. The summed E-state index contributed by atoms with van der Waals surface area (Å²) in [7, 11) is 0. The van der Waals surface area contributed by atoms with E-state index in [-0.39, 0.29) is 0 Å². The molecule has 2 saturated heterocycles. The molecule has 0 aromatic carbocycles. The molecule has 5 nitrogen and oxygen atoms in total. The summed E-state index contributed by atoms with van der Waals surface area (Å²) in [6.07, 6.45) is 3.88. The molecule has 19 heavy (non-hydrogen) atoms. The van der Waals surface area contributed by atoms with Gasteiger partial charge < -0.3 is 10.0 Å². The third-order valence-corrected chi connectivity index (χ3v) is 5.29. The number of anilines is 1. The molecule has 1 unspecified atom stereocenters. The van der Waals surface area contributed by atoms with Crippen LogP contribution in [0.2, 0.25) is 0 Å². The van der Waals surface area contributed by atoms with Gasteiger partial charge in [-0.1, -0.05) is 17.8 Å². The van der Waals surface area contributed by atoms with E-state index in [2.05, 4.69) is 14.8 Å². The second kappa shape index (κ2) is 5.09. The number of hydrogen-bond donors (Lipinski definition) is 1. The Bertz CT molecular complexity index is 488. The van der Waals surface area contributed by atoms with Crippen molar-refractivity contribution in [1.29, 1.82) is 0 Å². The highest BCUT2D eigenvalue weighted by atomic mass is 32.1. The van der Waals surface area contributed by atoms with Crippen molar-refractivity contribution in [1.82, 2.24) is 9.88 Å². The van der Waals surface area contributed by atoms with Crippen LogP contribution in [0.15, 0.2) is 0 Å². The van der Waals surface area contributed by atoms with Crippen molar-refractivity contribution in [2.24, 2.45) is 0 Å². The maximum absolute atomic E-state index is 11.1. The third-order valence-electron chi connectivity index (χ3n) is 4.09. The first-order valence-corrected chi connectivity index (χ1v) is 7.66. The van der Waals surface area contributed by atoms with E-state index in [1.165, 1.54) is 37.1 Å². The monoisotopic (exact) mass is 281 g/mol. The van der Waals surface area contributed by atoms with Crippen LogP contribution in [0.4, 0.5) is 5.13 Å².